The van der Waals surface area contributed by atoms with Crippen LogP contribution in [0.2, 0.25) is 0 Å². The van der Waals surface area contributed by atoms with Crippen molar-refractivity contribution >= 4 is 38.8 Å². The van der Waals surface area contributed by atoms with Crippen LogP contribution in [0.4, 0.5) is 11.5 Å². The Labute approximate surface area is 210 Å². The van der Waals surface area contributed by atoms with Crippen LogP contribution in [0.5, 0.6) is 0 Å². The summed E-state index contributed by atoms with van der Waals surface area (Å²) in [5.74, 6) is 1.38. The van der Waals surface area contributed by atoms with E-state index in [9.17, 15) is 4.79 Å². The highest BCUT2D eigenvalue weighted by molar-refractivity contribution is 7.17. The van der Waals surface area contributed by atoms with Gasteiger partial charge in [-0.2, -0.15) is 5.10 Å². The molecule has 0 saturated heterocycles. The molecular weight excluding hydrogens is 468 g/mol. The summed E-state index contributed by atoms with van der Waals surface area (Å²) >= 11 is 1.60. The van der Waals surface area contributed by atoms with Crippen LogP contribution in [0.25, 0.3) is 32.7 Å². The summed E-state index contributed by atoms with van der Waals surface area (Å²) in [6.45, 7) is 0. The van der Waals surface area contributed by atoms with Gasteiger partial charge in [-0.25, -0.2) is 9.97 Å². The predicted molar refractivity (Wildman–Crippen MR) is 142 cm³/mol. The maximum absolute atomic E-state index is 12.7. The number of hydrogen-bond donors (Lipinski definition) is 2. The lowest BCUT2D eigenvalue weighted by atomic mass is 10.0. The average Bonchev–Trinajstić information content (AvgIpc) is 3.63. The van der Waals surface area contributed by atoms with Gasteiger partial charge in [-0.05, 0) is 52.9 Å². The summed E-state index contributed by atoms with van der Waals surface area (Å²) in [5, 5.41) is 12.3. The number of ketones is 1. The highest BCUT2D eigenvalue weighted by Crippen LogP contribution is 2.32. The minimum Gasteiger partial charge on any atom is -0.339 e. The van der Waals surface area contributed by atoms with Crippen molar-refractivity contribution in [1.82, 2.24) is 25.1 Å². The van der Waals surface area contributed by atoms with Crippen molar-refractivity contribution in [3.63, 3.8) is 0 Å². The molecule has 2 aromatic carbocycles. The van der Waals surface area contributed by atoms with Crippen molar-refractivity contribution in [3.05, 3.63) is 108 Å². The fourth-order valence-corrected chi connectivity index (χ4v) is 4.78. The topological polar surface area (TPSA) is 96.5 Å². The molecule has 0 unspecified atom stereocenters. The van der Waals surface area contributed by atoms with Gasteiger partial charge in [0.05, 0.1) is 16.4 Å². The maximum Gasteiger partial charge on any atom is 0.168 e. The van der Waals surface area contributed by atoms with Crippen LogP contribution in [0.3, 0.4) is 0 Å². The molecule has 0 spiro atoms. The van der Waals surface area contributed by atoms with Crippen molar-refractivity contribution in [2.24, 2.45) is 0 Å². The first-order valence-electron chi connectivity index (χ1n) is 11.4. The molecule has 4 heterocycles. The van der Waals surface area contributed by atoms with E-state index >= 15 is 0 Å². The Morgan fingerprint density at radius 3 is 2.64 bits per heavy atom. The normalized spacial score (nSPS) is 11.0. The number of hydrogen-bond acceptors (Lipinski definition) is 7. The number of nitrogens with one attached hydrogen (secondary N) is 2. The number of carbonyl (C=O) groups is 1. The molecule has 0 aliphatic heterocycles. The Bertz CT molecular complexity index is 1640. The van der Waals surface area contributed by atoms with Gasteiger partial charge in [0.2, 0.25) is 0 Å². The molecule has 0 amide bonds. The summed E-state index contributed by atoms with van der Waals surface area (Å²) in [6, 6.07) is 21.5. The summed E-state index contributed by atoms with van der Waals surface area (Å²) in [6.07, 6.45) is 7.21. The number of pyridine rings is 1. The molecule has 0 bridgehead atoms. The number of Topliss-reactive ketones (excluding diaryl/α,β-unsaturated/α-hetero) is 1. The minimum atomic E-state index is 0.0238. The molecular formula is C28H20N6OS. The van der Waals surface area contributed by atoms with Gasteiger partial charge in [-0.15, -0.1) is 11.3 Å². The van der Waals surface area contributed by atoms with Crippen molar-refractivity contribution in [1.29, 1.82) is 0 Å². The number of carbonyl (C=O) groups excluding carboxylic acids is 1. The zero-order chi connectivity index (χ0) is 24.3. The van der Waals surface area contributed by atoms with Crippen LogP contribution < -0.4 is 5.32 Å². The predicted octanol–water partition coefficient (Wildman–Crippen LogP) is 6.31. The molecule has 8 heteroatoms. The van der Waals surface area contributed by atoms with Gasteiger partial charge in [0.15, 0.2) is 17.4 Å². The Morgan fingerprint density at radius 1 is 0.917 bits per heavy atom. The van der Waals surface area contributed by atoms with Crippen LogP contribution in [0.15, 0.2) is 96.9 Å². The molecule has 36 heavy (non-hydrogen) atoms. The highest BCUT2D eigenvalue weighted by atomic mass is 32.1. The zero-order valence-corrected chi connectivity index (χ0v) is 19.9. The van der Waals surface area contributed by atoms with Gasteiger partial charge >= 0.3 is 0 Å². The Morgan fingerprint density at radius 2 is 1.83 bits per heavy atom. The summed E-state index contributed by atoms with van der Waals surface area (Å²) in [5.41, 5.74) is 6.28. The Balaban J connectivity index is 1.29. The van der Waals surface area contributed by atoms with Crippen molar-refractivity contribution in [3.8, 4) is 22.5 Å². The molecule has 6 rings (SSSR count). The van der Waals surface area contributed by atoms with Gasteiger partial charge < -0.3 is 5.32 Å². The SMILES string of the molecule is O=C(Cc1cccc(-c2nc(Nc3ccc(-c4cn[nH]c4)cc3)c3sccc3n2)c1)c1cccnc1. The number of rotatable bonds is 7. The van der Waals surface area contributed by atoms with E-state index in [1.54, 1.807) is 42.1 Å². The second kappa shape index (κ2) is 9.52. The summed E-state index contributed by atoms with van der Waals surface area (Å²) < 4.78 is 0.987. The first kappa shape index (κ1) is 21.8. The van der Waals surface area contributed by atoms with E-state index in [0.29, 0.717) is 11.4 Å². The molecule has 0 fully saturated rings. The van der Waals surface area contributed by atoms with Crippen LogP contribution in [-0.2, 0) is 6.42 Å². The van der Waals surface area contributed by atoms with E-state index in [-0.39, 0.29) is 12.2 Å². The van der Waals surface area contributed by atoms with Gasteiger partial charge in [-0.1, -0.05) is 30.3 Å². The molecule has 6 aromatic rings. The number of fused-ring (bicyclic) bond motifs is 1. The van der Waals surface area contributed by atoms with E-state index in [2.05, 4.69) is 20.5 Å². The summed E-state index contributed by atoms with van der Waals surface area (Å²) in [7, 11) is 0. The van der Waals surface area contributed by atoms with Crippen molar-refractivity contribution in [2.75, 3.05) is 5.32 Å². The Kier molecular flexibility index (Phi) is 5.77. The first-order valence-corrected chi connectivity index (χ1v) is 12.2. The maximum atomic E-state index is 12.7. The summed E-state index contributed by atoms with van der Waals surface area (Å²) in [4.78, 5) is 26.4. The van der Waals surface area contributed by atoms with Gasteiger partial charge in [0.25, 0.3) is 0 Å². The smallest absolute Gasteiger partial charge is 0.168 e. The van der Waals surface area contributed by atoms with E-state index in [1.807, 2.05) is 66.2 Å². The fourth-order valence-electron chi connectivity index (χ4n) is 4.00. The van der Waals surface area contributed by atoms with Gasteiger partial charge in [0, 0.05) is 47.4 Å². The van der Waals surface area contributed by atoms with E-state index in [0.717, 1.165) is 44.0 Å². The lowest BCUT2D eigenvalue weighted by molar-refractivity contribution is 0.0992. The lowest BCUT2D eigenvalue weighted by Gasteiger charge is -2.10. The third-order valence-corrected chi connectivity index (χ3v) is 6.73. The van der Waals surface area contributed by atoms with E-state index in [4.69, 9.17) is 9.97 Å². The third kappa shape index (κ3) is 4.49. The number of aromatic amines is 1. The van der Waals surface area contributed by atoms with E-state index in [1.165, 1.54) is 0 Å². The van der Waals surface area contributed by atoms with Crippen LogP contribution >= 0.6 is 11.3 Å². The number of H-pyrrole nitrogens is 1. The lowest BCUT2D eigenvalue weighted by Crippen LogP contribution is -2.04. The van der Waals surface area contributed by atoms with Crippen LogP contribution in [0.1, 0.15) is 15.9 Å². The number of benzene rings is 2. The Hall–Kier alpha value is -4.69. The molecule has 2 N–H and O–H groups in total. The quantitative estimate of drug-likeness (QED) is 0.256. The third-order valence-electron chi connectivity index (χ3n) is 5.82. The monoisotopic (exact) mass is 488 g/mol. The number of anilines is 2. The number of aromatic nitrogens is 5. The van der Waals surface area contributed by atoms with Crippen LogP contribution in [-0.4, -0.2) is 30.9 Å². The molecule has 7 nitrogen and oxygen atoms in total. The highest BCUT2D eigenvalue weighted by Gasteiger charge is 2.13. The van der Waals surface area contributed by atoms with Crippen molar-refractivity contribution in [2.45, 2.75) is 6.42 Å². The second-order valence-electron chi connectivity index (χ2n) is 8.26. The van der Waals surface area contributed by atoms with E-state index < -0.39 is 0 Å². The zero-order valence-electron chi connectivity index (χ0n) is 19.1. The second-order valence-corrected chi connectivity index (χ2v) is 9.18. The minimum absolute atomic E-state index is 0.0238. The van der Waals surface area contributed by atoms with Gasteiger partial charge in [-0.3, -0.25) is 14.9 Å². The number of thiophene rings is 1. The van der Waals surface area contributed by atoms with Gasteiger partial charge in [0.1, 0.15) is 0 Å². The largest absolute Gasteiger partial charge is 0.339 e. The molecule has 0 aliphatic carbocycles. The van der Waals surface area contributed by atoms with Crippen molar-refractivity contribution < 1.29 is 4.79 Å². The molecule has 0 radical (unpaired) electrons. The average molecular weight is 489 g/mol. The molecule has 0 saturated carbocycles. The first-order chi connectivity index (χ1) is 17.7. The number of nitrogens with zero attached hydrogens (tertiary/aromatic N) is 4. The molecule has 0 atom stereocenters. The molecule has 4 aromatic heterocycles. The molecule has 174 valence electrons. The fraction of sp³-hybridized carbons (Fsp3) is 0.0357. The molecule has 0 aliphatic rings. The van der Waals surface area contributed by atoms with Crippen LogP contribution in [0, 0.1) is 0 Å². The standard InChI is InChI=1S/C28H20N6OS/c35-25(21-5-2-11-29-15-21)14-18-3-1-4-20(13-18)27-33-24-10-12-36-26(24)28(34-27)32-23-8-6-19(7-9-23)22-16-30-31-17-22/h1-13,15-17H,14H2,(H,30,31)(H,32,33,34).